The van der Waals surface area contributed by atoms with E-state index in [1.165, 1.54) is 0 Å². The van der Waals surface area contributed by atoms with Crippen LogP contribution in [0.3, 0.4) is 0 Å². The van der Waals surface area contributed by atoms with Crippen molar-refractivity contribution in [3.63, 3.8) is 0 Å². The Bertz CT molecular complexity index is 92.6. The zero-order valence-electron chi connectivity index (χ0n) is 3.48. The summed E-state index contributed by atoms with van der Waals surface area (Å²) in [5.74, 6) is 0.273. The third-order valence-corrected chi connectivity index (χ3v) is 0.861. The largest absolute Gasteiger partial charge is 0.295 e. The minimum absolute atomic E-state index is 0. The summed E-state index contributed by atoms with van der Waals surface area (Å²) in [4.78, 5) is 10.2. The molecule has 8 heavy (non-hydrogen) atoms. The number of carbonyl (C=O) groups excluding carboxylic acids is 1. The number of carbonyl (C=O) groups is 1. The van der Waals surface area contributed by atoms with Gasteiger partial charge < -0.3 is 0 Å². The van der Waals surface area contributed by atoms with Gasteiger partial charge in [-0.1, -0.05) is 20.9 Å². The monoisotopic (exact) mass is 114 g/mol. The average Bonchev–Trinajstić information content (AvgIpc) is 1.86. The van der Waals surface area contributed by atoms with Gasteiger partial charge in [0.2, 0.25) is 0 Å². The van der Waals surface area contributed by atoms with Crippen LogP contribution in [-0.2, 0) is 4.79 Å². The molecule has 0 fully saturated rings. The fourth-order valence-corrected chi connectivity index (χ4v) is 0.524. The third kappa shape index (κ3) is 2.56. The van der Waals surface area contributed by atoms with E-state index in [4.69, 9.17) is 0 Å². The fourth-order valence-electron chi connectivity index (χ4n) is 0.524. The van der Waals surface area contributed by atoms with Crippen molar-refractivity contribution in [2.24, 2.45) is 0 Å². The molecule has 0 heterocycles. The van der Waals surface area contributed by atoms with Crippen molar-refractivity contribution < 1.29 is 4.79 Å². The summed E-state index contributed by atoms with van der Waals surface area (Å²) >= 11 is 0. The van der Waals surface area contributed by atoms with Crippen LogP contribution in [0, 0.1) is 0 Å². The highest BCUT2D eigenvalue weighted by atomic mass is 16.1. The molecule has 0 unspecified atom stereocenters. The molecule has 0 bridgehead atoms. The van der Waals surface area contributed by atoms with Crippen LogP contribution in [-0.4, -0.2) is 5.78 Å². The van der Waals surface area contributed by atoms with Gasteiger partial charge in [0.15, 0.2) is 5.78 Å². The van der Waals surface area contributed by atoms with Crippen LogP contribution in [0.2, 0.25) is 0 Å². The van der Waals surface area contributed by atoms with Crippen molar-refractivity contribution in [1.82, 2.24) is 0 Å². The first-order valence-electron chi connectivity index (χ1n) is 2.09. The molecule has 0 aromatic rings. The van der Waals surface area contributed by atoms with Gasteiger partial charge in [0.25, 0.3) is 0 Å². The van der Waals surface area contributed by atoms with Crippen molar-refractivity contribution in [1.29, 1.82) is 0 Å². The number of hydrogen-bond acceptors (Lipinski definition) is 1. The normalized spacial score (nSPS) is 14.8. The highest BCUT2D eigenvalue weighted by molar-refractivity contribution is 5.91. The molecule has 1 aliphatic rings. The van der Waals surface area contributed by atoms with Crippen LogP contribution < -0.4 is 0 Å². The molecule has 1 aliphatic carbocycles. The minimum atomic E-state index is 0. The zero-order chi connectivity index (χ0) is 4.41. The molecule has 1 nitrogen and oxygen atoms in total. The summed E-state index contributed by atoms with van der Waals surface area (Å²) in [6, 6.07) is 0. The molecule has 0 atom stereocenters. The predicted molar refractivity (Wildman–Crippen MR) is 36.8 cm³/mol. The lowest BCUT2D eigenvalue weighted by Crippen LogP contribution is -1.80. The Labute approximate surface area is 51.4 Å². The number of hydrogen-bond donors (Lipinski definition) is 0. The smallest absolute Gasteiger partial charge is 0.155 e. The molecular weight excluding hydrogens is 100 g/mol. The Balaban J connectivity index is 0. The van der Waals surface area contributed by atoms with Crippen molar-refractivity contribution in [2.75, 3.05) is 0 Å². The van der Waals surface area contributed by atoms with Crippen LogP contribution in [0.25, 0.3) is 0 Å². The second-order valence-electron chi connectivity index (χ2n) is 1.41. The van der Waals surface area contributed by atoms with Crippen molar-refractivity contribution in [3.05, 3.63) is 12.2 Å². The van der Waals surface area contributed by atoms with Gasteiger partial charge in [-0.2, -0.15) is 0 Å². The predicted octanol–water partition coefficient (Wildman–Crippen LogP) is 2.18. The SMILES string of the molecule is C.C.O=C1C=CCC1. The summed E-state index contributed by atoms with van der Waals surface area (Å²) in [6.07, 6.45) is 5.24. The van der Waals surface area contributed by atoms with Gasteiger partial charge in [-0.25, -0.2) is 0 Å². The lowest BCUT2D eigenvalue weighted by molar-refractivity contribution is -0.114. The van der Waals surface area contributed by atoms with Crippen molar-refractivity contribution in [2.45, 2.75) is 27.7 Å². The summed E-state index contributed by atoms with van der Waals surface area (Å²) < 4.78 is 0. The minimum Gasteiger partial charge on any atom is -0.295 e. The first-order chi connectivity index (χ1) is 2.89. The molecular formula is C7H14O. The topological polar surface area (TPSA) is 17.1 Å². The van der Waals surface area contributed by atoms with Crippen LogP contribution in [0.4, 0.5) is 0 Å². The van der Waals surface area contributed by atoms with E-state index in [1.807, 2.05) is 6.08 Å². The molecule has 0 aromatic heterocycles. The standard InChI is InChI=1S/C5H6O.2CH4/c6-5-3-1-2-4-5;;/h1,3H,2,4H2;2*1H4. The fraction of sp³-hybridized carbons (Fsp3) is 0.571. The Hall–Kier alpha value is -0.590. The zero-order valence-corrected chi connectivity index (χ0v) is 3.48. The van der Waals surface area contributed by atoms with E-state index in [0.29, 0.717) is 0 Å². The molecule has 0 saturated heterocycles. The van der Waals surface area contributed by atoms with Gasteiger partial charge in [-0.15, -0.1) is 0 Å². The van der Waals surface area contributed by atoms with Crippen LogP contribution in [0.5, 0.6) is 0 Å². The van der Waals surface area contributed by atoms with Crippen molar-refractivity contribution >= 4 is 5.78 Å². The van der Waals surface area contributed by atoms with E-state index in [-0.39, 0.29) is 20.6 Å². The van der Waals surface area contributed by atoms with Crippen LogP contribution in [0.15, 0.2) is 12.2 Å². The molecule has 0 aromatic carbocycles. The second-order valence-corrected chi connectivity index (χ2v) is 1.41. The summed E-state index contributed by atoms with van der Waals surface area (Å²) in [6.45, 7) is 0. The van der Waals surface area contributed by atoms with Gasteiger partial charge in [0.05, 0.1) is 0 Å². The van der Waals surface area contributed by atoms with E-state index in [1.54, 1.807) is 6.08 Å². The van der Waals surface area contributed by atoms with Crippen LogP contribution >= 0.6 is 0 Å². The molecule has 1 heteroatoms. The number of rotatable bonds is 0. The highest BCUT2D eigenvalue weighted by Crippen LogP contribution is 2.01. The maximum absolute atomic E-state index is 10.2. The first-order valence-corrected chi connectivity index (χ1v) is 2.09. The van der Waals surface area contributed by atoms with Gasteiger partial charge in [0, 0.05) is 6.42 Å². The van der Waals surface area contributed by atoms with Crippen molar-refractivity contribution in [3.8, 4) is 0 Å². The van der Waals surface area contributed by atoms with Gasteiger partial charge >= 0.3 is 0 Å². The summed E-state index contributed by atoms with van der Waals surface area (Å²) in [5.41, 5.74) is 0. The van der Waals surface area contributed by atoms with E-state index < -0.39 is 0 Å². The van der Waals surface area contributed by atoms with E-state index in [0.717, 1.165) is 12.8 Å². The molecule has 48 valence electrons. The number of allylic oxidation sites excluding steroid dienone is 2. The van der Waals surface area contributed by atoms with E-state index in [2.05, 4.69) is 0 Å². The maximum Gasteiger partial charge on any atom is 0.155 e. The summed E-state index contributed by atoms with van der Waals surface area (Å²) in [7, 11) is 0. The maximum atomic E-state index is 10.2. The number of ketones is 1. The van der Waals surface area contributed by atoms with E-state index in [9.17, 15) is 4.79 Å². The van der Waals surface area contributed by atoms with Gasteiger partial charge in [-0.3, -0.25) is 4.79 Å². The summed E-state index contributed by atoms with van der Waals surface area (Å²) in [5, 5.41) is 0. The Morgan fingerprint density at radius 1 is 1.38 bits per heavy atom. The quantitative estimate of drug-likeness (QED) is 0.471. The molecule has 1 rings (SSSR count). The molecule has 0 aliphatic heterocycles. The van der Waals surface area contributed by atoms with Crippen LogP contribution in [0.1, 0.15) is 27.7 Å². The first kappa shape index (κ1) is 10.4. The molecule has 0 radical (unpaired) electrons. The molecule has 0 saturated carbocycles. The van der Waals surface area contributed by atoms with Gasteiger partial charge in [0.1, 0.15) is 0 Å². The lowest BCUT2D eigenvalue weighted by Gasteiger charge is -1.71. The second kappa shape index (κ2) is 4.57. The molecule has 0 N–H and O–H groups in total. The average molecular weight is 114 g/mol. The van der Waals surface area contributed by atoms with E-state index >= 15 is 0 Å². The molecule has 0 spiro atoms. The Morgan fingerprint density at radius 3 is 2.12 bits per heavy atom. The highest BCUT2D eigenvalue weighted by Gasteiger charge is 1.98. The van der Waals surface area contributed by atoms with Gasteiger partial charge in [-0.05, 0) is 12.5 Å². The Morgan fingerprint density at radius 2 is 2.00 bits per heavy atom. The Kier molecular flexibility index (Phi) is 5.94. The molecule has 0 amide bonds. The lowest BCUT2D eigenvalue weighted by atomic mass is 10.3. The third-order valence-electron chi connectivity index (χ3n) is 0.861.